The van der Waals surface area contributed by atoms with Crippen molar-refractivity contribution in [3.63, 3.8) is 0 Å². The molecule has 7 heteroatoms. The summed E-state index contributed by atoms with van der Waals surface area (Å²) in [7, 11) is 0. The molecule has 0 bridgehead atoms. The van der Waals surface area contributed by atoms with Crippen LogP contribution in [-0.2, 0) is 20.7 Å². The van der Waals surface area contributed by atoms with E-state index in [1.54, 1.807) is 6.20 Å². The molecular weight excluding hydrogens is 298 g/mol. The van der Waals surface area contributed by atoms with E-state index in [1.807, 2.05) is 41.5 Å². The second-order valence-electron chi connectivity index (χ2n) is 7.46. The highest BCUT2D eigenvalue weighted by Gasteiger charge is 2.30. The Morgan fingerprint density at radius 2 is 2.00 bits per heavy atom. The zero-order valence-corrected chi connectivity index (χ0v) is 14.7. The molecule has 1 atom stereocenters. The predicted octanol–water partition coefficient (Wildman–Crippen LogP) is 2.74. The van der Waals surface area contributed by atoms with Gasteiger partial charge >= 0.3 is 6.09 Å². The topological polar surface area (TPSA) is 93.3 Å². The number of aromatic amines is 1. The number of alkyl carbamates (subject to hydrolysis) is 1. The van der Waals surface area contributed by atoms with Crippen molar-refractivity contribution in [2.24, 2.45) is 5.41 Å². The van der Waals surface area contributed by atoms with Gasteiger partial charge in [-0.2, -0.15) is 5.10 Å². The Balaban J connectivity index is 2.68. The number of hydrogen-bond acceptors (Lipinski definition) is 5. The van der Waals surface area contributed by atoms with Gasteiger partial charge in [-0.1, -0.05) is 20.8 Å². The molecule has 1 amide bonds. The van der Waals surface area contributed by atoms with E-state index in [-0.39, 0.29) is 5.41 Å². The Kier molecular flexibility index (Phi) is 6.18. The first-order chi connectivity index (χ1) is 10.5. The lowest BCUT2D eigenvalue weighted by molar-refractivity contribution is -0.139. The molecule has 0 saturated carbocycles. The number of H-pyrrole nitrogens is 1. The largest absolute Gasteiger partial charge is 0.459 e. The van der Waals surface area contributed by atoms with Crippen LogP contribution in [-0.4, -0.2) is 34.9 Å². The van der Waals surface area contributed by atoms with Crippen LogP contribution in [0.1, 0.15) is 58.9 Å². The highest BCUT2D eigenvalue weighted by Crippen LogP contribution is 2.36. The minimum atomic E-state index is -0.529. The molecule has 0 aliphatic carbocycles. The van der Waals surface area contributed by atoms with Crippen LogP contribution in [0.3, 0.4) is 0 Å². The van der Waals surface area contributed by atoms with Crippen LogP contribution in [0.2, 0.25) is 0 Å². The Bertz CT molecular complexity index is 526. The van der Waals surface area contributed by atoms with E-state index >= 15 is 0 Å². The van der Waals surface area contributed by atoms with Gasteiger partial charge in [0.05, 0.1) is 6.20 Å². The molecule has 1 aromatic heterocycles. The van der Waals surface area contributed by atoms with Crippen molar-refractivity contribution in [2.75, 3.05) is 6.54 Å². The second-order valence-corrected chi connectivity index (χ2v) is 7.46. The Morgan fingerprint density at radius 1 is 1.35 bits per heavy atom. The molecule has 1 unspecified atom stereocenters. The van der Waals surface area contributed by atoms with Crippen LogP contribution in [0.4, 0.5) is 4.79 Å². The number of amides is 1. The molecule has 1 aromatic rings. The maximum Gasteiger partial charge on any atom is 0.407 e. The summed E-state index contributed by atoms with van der Waals surface area (Å²) in [6, 6.07) is 0. The first-order valence-corrected chi connectivity index (χ1v) is 7.62. The Morgan fingerprint density at radius 3 is 2.52 bits per heavy atom. The quantitative estimate of drug-likeness (QED) is 0.784. The van der Waals surface area contributed by atoms with Crippen LogP contribution >= 0.6 is 0 Å². The van der Waals surface area contributed by atoms with Crippen LogP contribution in [0, 0.1) is 5.41 Å². The van der Waals surface area contributed by atoms with Gasteiger partial charge in [0.2, 0.25) is 0 Å². The number of rotatable bonds is 6. The van der Waals surface area contributed by atoms with Gasteiger partial charge in [-0.15, -0.1) is 0 Å². The summed E-state index contributed by atoms with van der Waals surface area (Å²) in [5.74, 6) is 0. The highest BCUT2D eigenvalue weighted by molar-refractivity contribution is 5.67. The van der Waals surface area contributed by atoms with Crippen molar-refractivity contribution in [2.45, 2.75) is 59.7 Å². The van der Waals surface area contributed by atoms with Crippen LogP contribution in [0.25, 0.3) is 0 Å². The average Bonchev–Trinajstić information content (AvgIpc) is 2.80. The van der Waals surface area contributed by atoms with Crippen molar-refractivity contribution in [3.05, 3.63) is 17.5 Å². The second kappa shape index (κ2) is 7.48. The lowest BCUT2D eigenvalue weighted by atomic mass is 9.84. The van der Waals surface area contributed by atoms with Crippen molar-refractivity contribution in [1.29, 1.82) is 0 Å². The van der Waals surface area contributed by atoms with Crippen LogP contribution in [0.5, 0.6) is 0 Å². The molecular formula is C16H27N3O4. The SMILES string of the molecule is CC(C)(C)OC(=O)NCCc1[nH]ncc1C(OC=O)C(C)(C)C. The predicted molar refractivity (Wildman–Crippen MR) is 85.9 cm³/mol. The Labute approximate surface area is 137 Å². The number of nitrogens with zero attached hydrogens (tertiary/aromatic N) is 1. The lowest BCUT2D eigenvalue weighted by Crippen LogP contribution is -2.33. The molecule has 2 N–H and O–H groups in total. The minimum Gasteiger partial charge on any atom is -0.459 e. The number of nitrogens with one attached hydrogen (secondary N) is 2. The molecule has 0 saturated heterocycles. The fourth-order valence-electron chi connectivity index (χ4n) is 2.15. The van der Waals surface area contributed by atoms with Gasteiger partial charge in [-0.05, 0) is 20.8 Å². The van der Waals surface area contributed by atoms with Gasteiger partial charge in [0.25, 0.3) is 6.47 Å². The van der Waals surface area contributed by atoms with Crippen LogP contribution in [0.15, 0.2) is 6.20 Å². The number of hydrogen-bond donors (Lipinski definition) is 2. The van der Waals surface area contributed by atoms with E-state index in [0.29, 0.717) is 19.4 Å². The summed E-state index contributed by atoms with van der Waals surface area (Å²) in [4.78, 5) is 22.4. The Hall–Kier alpha value is -2.05. The molecule has 130 valence electrons. The van der Waals surface area contributed by atoms with Crippen LogP contribution < -0.4 is 5.32 Å². The van der Waals surface area contributed by atoms with Gasteiger partial charge < -0.3 is 14.8 Å². The molecule has 0 spiro atoms. The zero-order chi connectivity index (χ0) is 17.7. The lowest BCUT2D eigenvalue weighted by Gasteiger charge is -2.28. The standard InChI is InChI=1S/C16H27N3O4/c1-15(2,3)13(22-10-20)11-9-18-19-12(11)7-8-17-14(21)23-16(4,5)6/h9-10,13H,7-8H2,1-6H3,(H,17,21)(H,18,19). The molecule has 7 nitrogen and oxygen atoms in total. The summed E-state index contributed by atoms with van der Waals surface area (Å²) >= 11 is 0. The highest BCUT2D eigenvalue weighted by atomic mass is 16.6. The fraction of sp³-hybridized carbons (Fsp3) is 0.688. The molecule has 0 fully saturated rings. The average molecular weight is 325 g/mol. The number of carbonyl (C=O) groups is 2. The first kappa shape index (κ1) is 19.0. The minimum absolute atomic E-state index is 0.266. The summed E-state index contributed by atoms with van der Waals surface area (Å²) < 4.78 is 10.4. The molecule has 0 radical (unpaired) electrons. The van der Waals surface area contributed by atoms with Gasteiger partial charge in [0.1, 0.15) is 11.7 Å². The smallest absolute Gasteiger partial charge is 0.407 e. The van der Waals surface area contributed by atoms with Crippen molar-refractivity contribution in [3.8, 4) is 0 Å². The van der Waals surface area contributed by atoms with Crippen molar-refractivity contribution in [1.82, 2.24) is 15.5 Å². The van der Waals surface area contributed by atoms with E-state index in [4.69, 9.17) is 9.47 Å². The maximum atomic E-state index is 11.6. The van der Waals surface area contributed by atoms with E-state index in [9.17, 15) is 9.59 Å². The van der Waals surface area contributed by atoms with E-state index < -0.39 is 17.8 Å². The van der Waals surface area contributed by atoms with Gasteiger partial charge in [0, 0.05) is 29.6 Å². The summed E-state index contributed by atoms with van der Waals surface area (Å²) in [6.45, 7) is 12.2. The van der Waals surface area contributed by atoms with E-state index in [1.165, 1.54) is 0 Å². The first-order valence-electron chi connectivity index (χ1n) is 7.62. The molecule has 0 aromatic carbocycles. The third-order valence-electron chi connectivity index (χ3n) is 3.06. The summed E-state index contributed by atoms with van der Waals surface area (Å²) in [6.07, 6.45) is 1.32. The molecule has 0 aliphatic rings. The van der Waals surface area contributed by atoms with Crippen molar-refractivity contribution >= 4 is 12.6 Å². The third kappa shape index (κ3) is 6.30. The molecule has 23 heavy (non-hydrogen) atoms. The van der Waals surface area contributed by atoms with Crippen molar-refractivity contribution < 1.29 is 19.1 Å². The molecule has 1 heterocycles. The van der Waals surface area contributed by atoms with E-state index in [0.717, 1.165) is 11.3 Å². The number of ether oxygens (including phenoxy) is 2. The van der Waals surface area contributed by atoms with Gasteiger partial charge in [-0.3, -0.25) is 9.89 Å². The van der Waals surface area contributed by atoms with E-state index in [2.05, 4.69) is 15.5 Å². The zero-order valence-electron chi connectivity index (χ0n) is 14.7. The normalized spacial score (nSPS) is 13.3. The fourth-order valence-corrected chi connectivity index (χ4v) is 2.15. The van der Waals surface area contributed by atoms with Gasteiger partial charge in [0.15, 0.2) is 0 Å². The molecule has 0 aliphatic heterocycles. The third-order valence-corrected chi connectivity index (χ3v) is 3.06. The van der Waals surface area contributed by atoms with Gasteiger partial charge in [-0.25, -0.2) is 4.79 Å². The molecule has 1 rings (SSSR count). The maximum absolute atomic E-state index is 11.6. The summed E-state index contributed by atoms with van der Waals surface area (Å²) in [5, 5.41) is 9.63. The number of aromatic nitrogens is 2. The monoisotopic (exact) mass is 325 g/mol. The number of carbonyl (C=O) groups excluding carboxylic acids is 2. The summed E-state index contributed by atoms with van der Waals surface area (Å²) in [5.41, 5.74) is 0.842.